The van der Waals surface area contributed by atoms with Crippen LogP contribution >= 0.6 is 34.8 Å². The van der Waals surface area contributed by atoms with Gasteiger partial charge in [-0.25, -0.2) is 4.98 Å². The Labute approximate surface area is 124 Å². The molecule has 2 rings (SSSR count). The summed E-state index contributed by atoms with van der Waals surface area (Å²) in [6, 6.07) is 6.16. The Morgan fingerprint density at radius 3 is 2.63 bits per heavy atom. The lowest BCUT2D eigenvalue weighted by molar-refractivity contribution is 0.102. The van der Waals surface area contributed by atoms with Crippen molar-refractivity contribution in [2.24, 2.45) is 0 Å². The molecule has 98 valence electrons. The van der Waals surface area contributed by atoms with Crippen LogP contribution in [0.15, 0.2) is 30.5 Å². The van der Waals surface area contributed by atoms with Gasteiger partial charge < -0.3 is 11.1 Å². The molecule has 0 saturated carbocycles. The zero-order valence-corrected chi connectivity index (χ0v) is 11.7. The largest absolute Gasteiger partial charge is 0.399 e. The number of hydrogen-bond acceptors (Lipinski definition) is 3. The molecule has 1 aromatic heterocycles. The van der Waals surface area contributed by atoms with Crippen molar-refractivity contribution in [3.8, 4) is 0 Å². The van der Waals surface area contributed by atoms with Gasteiger partial charge in [-0.2, -0.15) is 0 Å². The number of aromatic nitrogens is 1. The van der Waals surface area contributed by atoms with E-state index in [9.17, 15) is 4.79 Å². The predicted octanol–water partition coefficient (Wildman–Crippen LogP) is 3.88. The van der Waals surface area contributed by atoms with E-state index in [1.807, 2.05) is 0 Å². The maximum absolute atomic E-state index is 12.1. The van der Waals surface area contributed by atoms with E-state index in [0.29, 0.717) is 10.7 Å². The van der Waals surface area contributed by atoms with Crippen LogP contribution in [-0.2, 0) is 0 Å². The first-order valence-electron chi connectivity index (χ1n) is 5.15. The monoisotopic (exact) mass is 315 g/mol. The highest BCUT2D eigenvalue weighted by Gasteiger charge is 2.15. The fourth-order valence-electron chi connectivity index (χ4n) is 1.43. The number of benzene rings is 1. The third-order valence-corrected chi connectivity index (χ3v) is 3.39. The summed E-state index contributed by atoms with van der Waals surface area (Å²) in [6.07, 6.45) is 1.51. The maximum Gasteiger partial charge on any atom is 0.258 e. The van der Waals surface area contributed by atoms with Crippen molar-refractivity contribution in [2.75, 3.05) is 11.1 Å². The smallest absolute Gasteiger partial charge is 0.258 e. The Kier molecular flexibility index (Phi) is 4.14. The average molecular weight is 317 g/mol. The van der Waals surface area contributed by atoms with Crippen LogP contribution in [0.2, 0.25) is 15.1 Å². The van der Waals surface area contributed by atoms with Gasteiger partial charge in [0.1, 0.15) is 0 Å². The lowest BCUT2D eigenvalue weighted by Gasteiger charge is -2.09. The highest BCUT2D eigenvalue weighted by Crippen LogP contribution is 2.29. The normalized spacial score (nSPS) is 10.3. The van der Waals surface area contributed by atoms with Crippen LogP contribution in [0.3, 0.4) is 0 Å². The van der Waals surface area contributed by atoms with Crippen molar-refractivity contribution in [2.45, 2.75) is 0 Å². The van der Waals surface area contributed by atoms with E-state index >= 15 is 0 Å². The lowest BCUT2D eigenvalue weighted by atomic mass is 10.2. The van der Waals surface area contributed by atoms with E-state index in [1.165, 1.54) is 18.3 Å². The number of rotatable bonds is 2. The van der Waals surface area contributed by atoms with Crippen molar-refractivity contribution in [3.63, 3.8) is 0 Å². The molecule has 3 N–H and O–H groups in total. The zero-order valence-electron chi connectivity index (χ0n) is 9.45. The van der Waals surface area contributed by atoms with E-state index in [2.05, 4.69) is 10.3 Å². The molecule has 0 atom stereocenters. The van der Waals surface area contributed by atoms with Crippen LogP contribution in [0.5, 0.6) is 0 Å². The second kappa shape index (κ2) is 5.65. The molecule has 0 unspecified atom stereocenters. The van der Waals surface area contributed by atoms with E-state index in [-0.39, 0.29) is 21.4 Å². The highest BCUT2D eigenvalue weighted by molar-refractivity contribution is 6.44. The molecule has 1 amide bonds. The van der Waals surface area contributed by atoms with Gasteiger partial charge in [0.05, 0.1) is 20.6 Å². The van der Waals surface area contributed by atoms with Crippen LogP contribution < -0.4 is 11.1 Å². The molecule has 0 radical (unpaired) electrons. The van der Waals surface area contributed by atoms with Gasteiger partial charge in [-0.15, -0.1) is 0 Å². The van der Waals surface area contributed by atoms with Gasteiger partial charge in [-0.05, 0) is 24.3 Å². The fourth-order valence-corrected chi connectivity index (χ4v) is 2.02. The van der Waals surface area contributed by atoms with E-state index < -0.39 is 5.91 Å². The summed E-state index contributed by atoms with van der Waals surface area (Å²) in [5.41, 5.74) is 6.12. The Balaban J connectivity index is 2.33. The minimum Gasteiger partial charge on any atom is -0.399 e. The number of halogens is 3. The summed E-state index contributed by atoms with van der Waals surface area (Å²) in [7, 11) is 0. The number of nitrogen functional groups attached to an aromatic ring is 1. The lowest BCUT2D eigenvalue weighted by Crippen LogP contribution is -2.14. The summed E-state index contributed by atoms with van der Waals surface area (Å²) in [6.45, 7) is 0. The number of anilines is 2. The third-order valence-electron chi connectivity index (χ3n) is 2.29. The number of nitrogens with two attached hydrogens (primary N) is 1. The molecular formula is C12H8Cl3N3O. The molecular weight excluding hydrogens is 309 g/mol. The topological polar surface area (TPSA) is 68.0 Å². The second-order valence-electron chi connectivity index (χ2n) is 3.65. The standard InChI is InChI=1S/C12H8Cl3N3O/c13-8-2-1-3-17-11(8)18-12(19)7-4-6(16)5-9(14)10(7)15/h1-5H,16H2,(H,17,18,19). The number of carbonyl (C=O) groups is 1. The van der Waals surface area contributed by atoms with Crippen molar-refractivity contribution in [1.29, 1.82) is 0 Å². The number of amides is 1. The fraction of sp³-hybridized carbons (Fsp3) is 0. The van der Waals surface area contributed by atoms with E-state index in [1.54, 1.807) is 12.1 Å². The van der Waals surface area contributed by atoms with Crippen molar-refractivity contribution >= 4 is 52.2 Å². The van der Waals surface area contributed by atoms with Crippen LogP contribution in [0, 0.1) is 0 Å². The van der Waals surface area contributed by atoms with Crippen LogP contribution in [0.25, 0.3) is 0 Å². The number of hydrogen-bond donors (Lipinski definition) is 2. The van der Waals surface area contributed by atoms with Crippen LogP contribution in [-0.4, -0.2) is 10.9 Å². The molecule has 0 aliphatic heterocycles. The molecule has 0 spiro atoms. The molecule has 1 aromatic carbocycles. The first-order valence-corrected chi connectivity index (χ1v) is 6.29. The van der Waals surface area contributed by atoms with E-state index in [4.69, 9.17) is 40.5 Å². The zero-order chi connectivity index (χ0) is 14.0. The Hall–Kier alpha value is -1.49. The van der Waals surface area contributed by atoms with Gasteiger partial charge in [0.15, 0.2) is 5.82 Å². The van der Waals surface area contributed by atoms with Gasteiger partial charge in [-0.1, -0.05) is 34.8 Å². The summed E-state index contributed by atoms with van der Waals surface area (Å²) >= 11 is 17.7. The SMILES string of the molecule is Nc1cc(Cl)c(Cl)c(C(=O)Nc2ncccc2Cl)c1. The Morgan fingerprint density at radius 2 is 1.95 bits per heavy atom. The summed E-state index contributed by atoms with van der Waals surface area (Å²) < 4.78 is 0. The molecule has 7 heteroatoms. The molecule has 1 heterocycles. The summed E-state index contributed by atoms with van der Waals surface area (Å²) in [5.74, 6) is -0.247. The molecule has 0 aliphatic carbocycles. The predicted molar refractivity (Wildman–Crippen MR) is 78.1 cm³/mol. The van der Waals surface area contributed by atoms with Crippen LogP contribution in [0.1, 0.15) is 10.4 Å². The minimum atomic E-state index is -0.486. The number of carbonyl (C=O) groups excluding carboxylic acids is 1. The number of nitrogens with zero attached hydrogens (tertiary/aromatic N) is 1. The number of pyridine rings is 1. The number of nitrogens with one attached hydrogen (secondary N) is 1. The molecule has 19 heavy (non-hydrogen) atoms. The maximum atomic E-state index is 12.1. The second-order valence-corrected chi connectivity index (χ2v) is 4.84. The van der Waals surface area contributed by atoms with Crippen molar-refractivity contribution < 1.29 is 4.79 Å². The van der Waals surface area contributed by atoms with Crippen molar-refractivity contribution in [3.05, 3.63) is 51.1 Å². The third kappa shape index (κ3) is 3.10. The van der Waals surface area contributed by atoms with Gasteiger partial charge in [-0.3, -0.25) is 4.79 Å². The van der Waals surface area contributed by atoms with Gasteiger partial charge in [0, 0.05) is 11.9 Å². The first kappa shape index (κ1) is 13.9. The van der Waals surface area contributed by atoms with Gasteiger partial charge in [0.25, 0.3) is 5.91 Å². The molecule has 0 bridgehead atoms. The first-order chi connectivity index (χ1) is 8.99. The molecule has 0 fully saturated rings. The summed E-state index contributed by atoms with van der Waals surface area (Å²) in [5, 5.41) is 3.20. The van der Waals surface area contributed by atoms with Gasteiger partial charge in [0.2, 0.25) is 0 Å². The van der Waals surface area contributed by atoms with Crippen molar-refractivity contribution in [1.82, 2.24) is 4.98 Å². The molecule has 0 aliphatic rings. The quantitative estimate of drug-likeness (QED) is 0.826. The Morgan fingerprint density at radius 1 is 1.21 bits per heavy atom. The molecule has 2 aromatic rings. The average Bonchev–Trinajstić information content (AvgIpc) is 2.36. The minimum absolute atomic E-state index is 0.125. The summed E-state index contributed by atoms with van der Waals surface area (Å²) in [4.78, 5) is 16.0. The molecule has 4 nitrogen and oxygen atoms in total. The van der Waals surface area contributed by atoms with Gasteiger partial charge >= 0.3 is 0 Å². The molecule has 0 saturated heterocycles. The Bertz CT molecular complexity index is 646. The highest BCUT2D eigenvalue weighted by atomic mass is 35.5. The van der Waals surface area contributed by atoms with E-state index in [0.717, 1.165) is 0 Å². The van der Waals surface area contributed by atoms with Crippen LogP contribution in [0.4, 0.5) is 11.5 Å².